The monoisotopic (exact) mass is 580 g/mol. The molecule has 41 heavy (non-hydrogen) atoms. The van der Waals surface area contributed by atoms with Gasteiger partial charge in [-0.1, -0.05) is 18.2 Å². The molecule has 2 heterocycles. The Balaban J connectivity index is 1.65. The molecule has 0 radical (unpaired) electrons. The molecule has 2 unspecified atom stereocenters. The van der Waals surface area contributed by atoms with Gasteiger partial charge >= 0.3 is 0 Å². The summed E-state index contributed by atoms with van der Waals surface area (Å²) in [6, 6.07) is 6.89. The van der Waals surface area contributed by atoms with E-state index in [0.29, 0.717) is 0 Å². The highest BCUT2D eigenvalue weighted by Gasteiger charge is 2.51. The maximum Gasteiger partial charge on any atom is 0.229 e. The average molecular weight is 581 g/mol. The standard InChI is InChI=1S/C27H32O14/c28-6-9-4-11-16(26-24(37)22(35)19(32)14(7-29)39-26)10-2-1-3-13(18(10)21(34)17(11)12(31)5-9)40-27-25(38)23(36)20(33)15(8-30)41-27/h1-5,14-16,19-20,22-33,35-38H,6-8H2/t14?,15?,16-,19-,20-,22+,23+,24-,25-,26+,27+/m1/s1. The van der Waals surface area contributed by atoms with E-state index < -0.39 is 98.5 Å². The van der Waals surface area contributed by atoms with Crippen LogP contribution in [0, 0.1) is 0 Å². The highest BCUT2D eigenvalue weighted by atomic mass is 16.7. The van der Waals surface area contributed by atoms with Crippen LogP contribution >= 0.6 is 0 Å². The molecule has 10 N–H and O–H groups in total. The Hall–Kier alpha value is -2.73. The lowest BCUT2D eigenvalue weighted by Gasteiger charge is -2.45. The number of phenols is 1. The molecule has 0 saturated carbocycles. The molecule has 2 saturated heterocycles. The Labute approximate surface area is 232 Å². The van der Waals surface area contributed by atoms with E-state index in [9.17, 15) is 55.9 Å². The van der Waals surface area contributed by atoms with Gasteiger partial charge in [0.05, 0.1) is 37.1 Å². The molecule has 2 fully saturated rings. The zero-order valence-electron chi connectivity index (χ0n) is 21.5. The second-order valence-electron chi connectivity index (χ2n) is 10.4. The van der Waals surface area contributed by atoms with Crippen molar-refractivity contribution in [3.8, 4) is 11.5 Å². The first-order valence-electron chi connectivity index (χ1n) is 13.0. The molecule has 0 aromatic heterocycles. The molecule has 2 aromatic rings. The van der Waals surface area contributed by atoms with Crippen LogP contribution in [0.5, 0.6) is 11.5 Å². The molecule has 2 aromatic carbocycles. The number of rotatable bonds is 6. The van der Waals surface area contributed by atoms with Crippen LogP contribution < -0.4 is 4.74 Å². The second kappa shape index (κ2) is 11.5. The van der Waals surface area contributed by atoms with Gasteiger partial charge in [0.25, 0.3) is 0 Å². The number of hydrogen-bond donors (Lipinski definition) is 10. The first-order chi connectivity index (χ1) is 19.5. The van der Waals surface area contributed by atoms with Crippen LogP contribution in [0.3, 0.4) is 0 Å². The second-order valence-corrected chi connectivity index (χ2v) is 10.4. The van der Waals surface area contributed by atoms with Crippen molar-refractivity contribution in [1.29, 1.82) is 0 Å². The molecule has 224 valence electrons. The van der Waals surface area contributed by atoms with E-state index in [1.807, 2.05) is 0 Å². The lowest BCUT2D eigenvalue weighted by molar-refractivity contribution is -0.277. The normalized spacial score (nSPS) is 36.9. The van der Waals surface area contributed by atoms with Crippen LogP contribution in [-0.4, -0.2) is 131 Å². The van der Waals surface area contributed by atoms with Gasteiger partial charge in [-0.05, 0) is 28.8 Å². The summed E-state index contributed by atoms with van der Waals surface area (Å²) in [4.78, 5) is 13.9. The zero-order chi connectivity index (χ0) is 29.7. The smallest absolute Gasteiger partial charge is 0.229 e. The van der Waals surface area contributed by atoms with E-state index >= 15 is 0 Å². The zero-order valence-corrected chi connectivity index (χ0v) is 21.5. The van der Waals surface area contributed by atoms with Gasteiger partial charge in [-0.3, -0.25) is 4.79 Å². The van der Waals surface area contributed by atoms with Gasteiger partial charge < -0.3 is 65.3 Å². The molecule has 0 bridgehead atoms. The number of aliphatic hydroxyl groups excluding tert-OH is 9. The Morgan fingerprint density at radius 2 is 1.37 bits per heavy atom. The third-order valence-corrected chi connectivity index (χ3v) is 7.92. The number of aliphatic hydroxyl groups is 9. The van der Waals surface area contributed by atoms with Gasteiger partial charge in [0.2, 0.25) is 12.1 Å². The van der Waals surface area contributed by atoms with E-state index in [0.717, 1.165) is 0 Å². The van der Waals surface area contributed by atoms with Crippen LogP contribution in [0.1, 0.15) is 38.5 Å². The first kappa shape index (κ1) is 29.8. The summed E-state index contributed by atoms with van der Waals surface area (Å²) >= 11 is 0. The molecule has 0 spiro atoms. The Morgan fingerprint density at radius 1 is 0.732 bits per heavy atom. The molecule has 0 amide bonds. The SMILES string of the molecule is O=C1c2c(O)cc(CO)cc2[C@H]([C@@H]2OC(CO)[C@@H](O)[C@H](O)[C@H]2O)c2cccc(O[C@H]3OC(CO)[C@@H](O)[C@H](O)[C@H]3O)c21. The van der Waals surface area contributed by atoms with Gasteiger partial charge in [0, 0.05) is 5.92 Å². The van der Waals surface area contributed by atoms with Crippen LogP contribution in [0.4, 0.5) is 0 Å². The molecule has 1 aliphatic carbocycles. The molecule has 14 heteroatoms. The average Bonchev–Trinajstić information content (AvgIpc) is 2.96. The number of hydrogen-bond acceptors (Lipinski definition) is 14. The van der Waals surface area contributed by atoms with Crippen molar-refractivity contribution < 1.29 is 70.1 Å². The number of ketones is 1. The van der Waals surface area contributed by atoms with Crippen molar-refractivity contribution in [3.05, 3.63) is 58.1 Å². The largest absolute Gasteiger partial charge is 0.507 e. The summed E-state index contributed by atoms with van der Waals surface area (Å²) in [5.41, 5.74) is 0.123. The molecule has 14 nitrogen and oxygen atoms in total. The summed E-state index contributed by atoms with van der Waals surface area (Å²) in [5, 5.41) is 103. The number of carbonyl (C=O) groups excluding carboxylic acids is 1. The van der Waals surface area contributed by atoms with Gasteiger partial charge in [0.15, 0.2) is 0 Å². The lowest BCUT2D eigenvalue weighted by atomic mass is 9.71. The third-order valence-electron chi connectivity index (χ3n) is 7.92. The minimum absolute atomic E-state index is 0.126. The first-order valence-corrected chi connectivity index (χ1v) is 13.0. The summed E-state index contributed by atoms with van der Waals surface area (Å²) in [7, 11) is 0. The van der Waals surface area contributed by atoms with E-state index in [4.69, 9.17) is 14.2 Å². The van der Waals surface area contributed by atoms with E-state index in [1.54, 1.807) is 0 Å². The van der Waals surface area contributed by atoms with E-state index in [2.05, 4.69) is 0 Å². The summed E-state index contributed by atoms with van der Waals surface area (Å²) < 4.78 is 17.1. The maximum absolute atomic E-state index is 13.9. The Kier molecular flexibility index (Phi) is 8.35. The van der Waals surface area contributed by atoms with Crippen molar-refractivity contribution in [2.45, 2.75) is 73.8 Å². The summed E-state index contributed by atoms with van der Waals surface area (Å²) in [5.74, 6) is -2.58. The number of ether oxygens (including phenoxy) is 3. The number of benzene rings is 2. The van der Waals surface area contributed by atoms with Crippen LogP contribution in [-0.2, 0) is 16.1 Å². The third kappa shape index (κ3) is 4.90. The fraction of sp³-hybridized carbons (Fsp3) is 0.519. The highest BCUT2D eigenvalue weighted by Crippen LogP contribution is 2.48. The number of carbonyl (C=O) groups is 1. The molecule has 11 atom stereocenters. The Morgan fingerprint density at radius 3 is 2.00 bits per heavy atom. The summed E-state index contributed by atoms with van der Waals surface area (Å²) in [6.07, 6.45) is -16.0. The van der Waals surface area contributed by atoms with E-state index in [1.165, 1.54) is 30.3 Å². The topological polar surface area (TPSA) is 247 Å². The van der Waals surface area contributed by atoms with Gasteiger partial charge in [-0.2, -0.15) is 0 Å². The predicted molar refractivity (Wildman–Crippen MR) is 134 cm³/mol. The lowest BCUT2D eigenvalue weighted by Crippen LogP contribution is -2.60. The quantitative estimate of drug-likeness (QED) is 0.160. The Bertz CT molecular complexity index is 1280. The highest BCUT2D eigenvalue weighted by molar-refractivity contribution is 6.16. The minimum atomic E-state index is -1.80. The molecule has 5 rings (SSSR count). The summed E-state index contributed by atoms with van der Waals surface area (Å²) in [6.45, 7) is -1.94. The number of fused-ring (bicyclic) bond motifs is 2. The molecular weight excluding hydrogens is 548 g/mol. The number of aromatic hydroxyl groups is 1. The maximum atomic E-state index is 13.9. The van der Waals surface area contributed by atoms with Crippen molar-refractivity contribution in [1.82, 2.24) is 0 Å². The predicted octanol–water partition coefficient (Wildman–Crippen LogP) is -3.42. The van der Waals surface area contributed by atoms with Crippen LogP contribution in [0.25, 0.3) is 0 Å². The van der Waals surface area contributed by atoms with Crippen molar-refractivity contribution in [3.63, 3.8) is 0 Å². The van der Waals surface area contributed by atoms with Crippen LogP contribution in [0.2, 0.25) is 0 Å². The fourth-order valence-electron chi connectivity index (χ4n) is 5.78. The molecule has 3 aliphatic rings. The van der Waals surface area contributed by atoms with E-state index in [-0.39, 0.29) is 33.6 Å². The molecular formula is C27H32O14. The number of phenolic OH excluding ortho intramolecular Hbond substituents is 1. The van der Waals surface area contributed by atoms with Gasteiger partial charge in [0.1, 0.15) is 60.3 Å². The fourth-order valence-corrected chi connectivity index (χ4v) is 5.78. The van der Waals surface area contributed by atoms with Crippen molar-refractivity contribution in [2.75, 3.05) is 13.2 Å². The van der Waals surface area contributed by atoms with Crippen molar-refractivity contribution >= 4 is 5.78 Å². The van der Waals surface area contributed by atoms with Gasteiger partial charge in [-0.15, -0.1) is 0 Å². The molecule has 2 aliphatic heterocycles. The van der Waals surface area contributed by atoms with Crippen molar-refractivity contribution in [2.24, 2.45) is 0 Å². The minimum Gasteiger partial charge on any atom is -0.507 e. The van der Waals surface area contributed by atoms with Crippen LogP contribution in [0.15, 0.2) is 30.3 Å². The van der Waals surface area contributed by atoms with Gasteiger partial charge in [-0.25, -0.2) is 0 Å².